The Bertz CT molecular complexity index is 280. The SMILES string of the molecule is CC(C)Oc1nc(Cl)ncc1F. The normalized spacial score (nSPS) is 10.4. The first-order chi connectivity index (χ1) is 5.59. The number of hydrogen-bond donors (Lipinski definition) is 0. The summed E-state index contributed by atoms with van der Waals surface area (Å²) >= 11 is 5.43. The largest absolute Gasteiger partial charge is 0.473 e. The molecule has 0 atom stereocenters. The monoisotopic (exact) mass is 190 g/mol. The molecule has 0 radical (unpaired) electrons. The van der Waals surface area contributed by atoms with E-state index in [2.05, 4.69) is 9.97 Å². The Kier molecular flexibility index (Phi) is 2.81. The zero-order valence-electron chi connectivity index (χ0n) is 6.71. The van der Waals surface area contributed by atoms with Gasteiger partial charge < -0.3 is 4.74 Å². The van der Waals surface area contributed by atoms with Gasteiger partial charge in [-0.3, -0.25) is 0 Å². The first-order valence-corrected chi connectivity index (χ1v) is 3.82. The zero-order valence-corrected chi connectivity index (χ0v) is 7.47. The van der Waals surface area contributed by atoms with Crippen molar-refractivity contribution in [2.75, 3.05) is 0 Å². The molecule has 1 heterocycles. The summed E-state index contributed by atoms with van der Waals surface area (Å²) in [6, 6.07) is 0. The summed E-state index contributed by atoms with van der Waals surface area (Å²) in [4.78, 5) is 7.02. The van der Waals surface area contributed by atoms with Gasteiger partial charge in [0.2, 0.25) is 11.1 Å². The van der Waals surface area contributed by atoms with Gasteiger partial charge in [-0.05, 0) is 25.4 Å². The molecule has 3 nitrogen and oxygen atoms in total. The van der Waals surface area contributed by atoms with Crippen molar-refractivity contribution < 1.29 is 9.13 Å². The van der Waals surface area contributed by atoms with E-state index in [1.807, 2.05) is 0 Å². The summed E-state index contributed by atoms with van der Waals surface area (Å²) in [5, 5.41) is -0.0212. The van der Waals surface area contributed by atoms with Crippen molar-refractivity contribution in [3.63, 3.8) is 0 Å². The molecule has 0 amide bonds. The molecule has 0 bridgehead atoms. The Labute approximate surface area is 74.5 Å². The summed E-state index contributed by atoms with van der Waals surface area (Å²) in [5.41, 5.74) is 0. The van der Waals surface area contributed by atoms with Crippen molar-refractivity contribution in [1.82, 2.24) is 9.97 Å². The fourth-order valence-electron chi connectivity index (χ4n) is 0.637. The van der Waals surface area contributed by atoms with E-state index in [1.165, 1.54) is 0 Å². The van der Waals surface area contributed by atoms with Crippen molar-refractivity contribution in [1.29, 1.82) is 0 Å². The Morgan fingerprint density at radius 2 is 2.25 bits per heavy atom. The maximum Gasteiger partial charge on any atom is 0.255 e. The Morgan fingerprint density at radius 1 is 1.58 bits per heavy atom. The quantitative estimate of drug-likeness (QED) is 0.670. The molecule has 0 fully saturated rings. The molecule has 0 saturated heterocycles. The van der Waals surface area contributed by atoms with Crippen LogP contribution in [-0.4, -0.2) is 16.1 Å². The molecule has 1 aromatic rings. The van der Waals surface area contributed by atoms with Crippen molar-refractivity contribution in [2.45, 2.75) is 20.0 Å². The Morgan fingerprint density at radius 3 is 2.83 bits per heavy atom. The second-order valence-corrected chi connectivity index (χ2v) is 2.80. The topological polar surface area (TPSA) is 35.0 Å². The van der Waals surface area contributed by atoms with Gasteiger partial charge in [-0.25, -0.2) is 4.98 Å². The van der Waals surface area contributed by atoms with Crippen LogP contribution in [0, 0.1) is 5.82 Å². The van der Waals surface area contributed by atoms with E-state index in [0.29, 0.717) is 0 Å². The molecule has 1 rings (SSSR count). The molecule has 66 valence electrons. The lowest BCUT2D eigenvalue weighted by Crippen LogP contribution is -2.08. The van der Waals surface area contributed by atoms with Crippen LogP contribution in [0.15, 0.2) is 6.20 Å². The van der Waals surface area contributed by atoms with Gasteiger partial charge in [-0.15, -0.1) is 0 Å². The lowest BCUT2D eigenvalue weighted by atomic mass is 10.5. The summed E-state index contributed by atoms with van der Waals surface area (Å²) in [6.07, 6.45) is 0.845. The molecular formula is C7H8ClFN2O. The van der Waals surface area contributed by atoms with Crippen LogP contribution in [0.4, 0.5) is 4.39 Å². The Balaban J connectivity index is 2.90. The molecule has 0 N–H and O–H groups in total. The van der Waals surface area contributed by atoms with Gasteiger partial charge in [0, 0.05) is 0 Å². The van der Waals surface area contributed by atoms with Crippen LogP contribution in [0.3, 0.4) is 0 Å². The average molecular weight is 191 g/mol. The summed E-state index contributed by atoms with van der Waals surface area (Å²) in [5.74, 6) is -0.710. The van der Waals surface area contributed by atoms with E-state index >= 15 is 0 Å². The molecule has 0 spiro atoms. The third-order valence-electron chi connectivity index (χ3n) is 1.03. The predicted molar refractivity (Wildman–Crippen MR) is 42.8 cm³/mol. The fraction of sp³-hybridized carbons (Fsp3) is 0.429. The summed E-state index contributed by atoms with van der Waals surface area (Å²) in [7, 11) is 0. The number of halogens is 2. The molecule has 0 aliphatic heterocycles. The minimum atomic E-state index is -0.604. The average Bonchev–Trinajstić information content (AvgIpc) is 1.96. The standard InChI is InChI=1S/C7H8ClFN2O/c1-4(2)12-6-5(9)3-10-7(8)11-6/h3-4H,1-2H3. The van der Waals surface area contributed by atoms with E-state index in [9.17, 15) is 4.39 Å². The van der Waals surface area contributed by atoms with Gasteiger partial charge in [0.25, 0.3) is 5.88 Å². The molecule has 0 aromatic carbocycles. The van der Waals surface area contributed by atoms with Crippen LogP contribution < -0.4 is 4.74 Å². The molecular weight excluding hydrogens is 183 g/mol. The van der Waals surface area contributed by atoms with Crippen LogP contribution in [-0.2, 0) is 0 Å². The molecule has 5 heteroatoms. The molecule has 0 aliphatic carbocycles. The molecule has 0 aliphatic rings. The third kappa shape index (κ3) is 2.30. The smallest absolute Gasteiger partial charge is 0.255 e. The van der Waals surface area contributed by atoms with E-state index in [1.54, 1.807) is 13.8 Å². The van der Waals surface area contributed by atoms with Crippen LogP contribution in [0.1, 0.15) is 13.8 Å². The minimum absolute atomic E-state index is 0.0212. The van der Waals surface area contributed by atoms with Gasteiger partial charge >= 0.3 is 0 Å². The van der Waals surface area contributed by atoms with Crippen molar-refractivity contribution in [2.24, 2.45) is 0 Å². The highest BCUT2D eigenvalue weighted by atomic mass is 35.5. The third-order valence-corrected chi connectivity index (χ3v) is 1.21. The molecule has 1 aromatic heterocycles. The van der Waals surface area contributed by atoms with E-state index in [4.69, 9.17) is 16.3 Å². The van der Waals surface area contributed by atoms with Gasteiger partial charge in [0.15, 0.2) is 0 Å². The molecule has 0 saturated carbocycles. The number of rotatable bonds is 2. The van der Waals surface area contributed by atoms with E-state index in [-0.39, 0.29) is 17.3 Å². The first-order valence-electron chi connectivity index (χ1n) is 3.44. The lowest BCUT2D eigenvalue weighted by Gasteiger charge is -2.08. The first kappa shape index (κ1) is 9.19. The van der Waals surface area contributed by atoms with Gasteiger partial charge in [-0.2, -0.15) is 9.37 Å². The van der Waals surface area contributed by atoms with Gasteiger partial charge in [0.05, 0.1) is 12.3 Å². The summed E-state index contributed by atoms with van der Waals surface area (Å²) < 4.78 is 17.8. The van der Waals surface area contributed by atoms with E-state index < -0.39 is 5.82 Å². The second kappa shape index (κ2) is 3.67. The maximum atomic E-state index is 12.8. The number of ether oxygens (including phenoxy) is 1. The van der Waals surface area contributed by atoms with Crippen LogP contribution in [0.25, 0.3) is 0 Å². The highest BCUT2D eigenvalue weighted by molar-refractivity contribution is 6.28. The highest BCUT2D eigenvalue weighted by Gasteiger charge is 2.08. The molecule has 12 heavy (non-hydrogen) atoms. The number of hydrogen-bond acceptors (Lipinski definition) is 3. The number of aromatic nitrogens is 2. The number of nitrogens with zero attached hydrogens (tertiary/aromatic N) is 2. The van der Waals surface area contributed by atoms with Crippen molar-refractivity contribution in [3.05, 3.63) is 17.3 Å². The lowest BCUT2D eigenvalue weighted by molar-refractivity contribution is 0.220. The predicted octanol–water partition coefficient (Wildman–Crippen LogP) is 2.06. The fourth-order valence-corrected chi connectivity index (χ4v) is 0.763. The van der Waals surface area contributed by atoms with Crippen LogP contribution in [0.5, 0.6) is 5.88 Å². The van der Waals surface area contributed by atoms with Gasteiger partial charge in [-0.1, -0.05) is 0 Å². The van der Waals surface area contributed by atoms with Gasteiger partial charge in [0.1, 0.15) is 0 Å². The van der Waals surface area contributed by atoms with E-state index in [0.717, 1.165) is 6.20 Å². The van der Waals surface area contributed by atoms with Crippen molar-refractivity contribution >= 4 is 11.6 Å². The van der Waals surface area contributed by atoms with Crippen LogP contribution in [0.2, 0.25) is 5.28 Å². The second-order valence-electron chi connectivity index (χ2n) is 2.46. The van der Waals surface area contributed by atoms with Crippen LogP contribution >= 0.6 is 11.6 Å². The zero-order chi connectivity index (χ0) is 9.14. The highest BCUT2D eigenvalue weighted by Crippen LogP contribution is 2.15. The summed E-state index contributed by atoms with van der Waals surface area (Å²) in [6.45, 7) is 3.55. The minimum Gasteiger partial charge on any atom is -0.473 e. The Hall–Kier alpha value is -0.900. The molecule has 0 unspecified atom stereocenters. The maximum absolute atomic E-state index is 12.8. The van der Waals surface area contributed by atoms with Crippen molar-refractivity contribution in [3.8, 4) is 5.88 Å².